The van der Waals surface area contributed by atoms with Crippen LogP contribution in [0.1, 0.15) is 29.0 Å². The summed E-state index contributed by atoms with van der Waals surface area (Å²) >= 11 is 0. The number of methoxy groups -OCH3 is 1. The van der Waals surface area contributed by atoms with E-state index in [1.165, 1.54) is 13.4 Å². The second-order valence-corrected chi connectivity index (χ2v) is 4.13. The van der Waals surface area contributed by atoms with Gasteiger partial charge in [0, 0.05) is 6.54 Å². The Balaban J connectivity index is 2.16. The zero-order chi connectivity index (χ0) is 12.4. The van der Waals surface area contributed by atoms with Crippen LogP contribution in [0, 0.1) is 6.92 Å². The van der Waals surface area contributed by atoms with Crippen LogP contribution in [0.5, 0.6) is 0 Å². The minimum atomic E-state index is -0.456. The van der Waals surface area contributed by atoms with Crippen molar-refractivity contribution in [2.45, 2.75) is 25.8 Å². The number of furan rings is 1. The SMILES string of the molecule is COC(=O)C1CCCN1C(=O)c1coc(C)c1. The third-order valence-electron chi connectivity index (χ3n) is 2.96. The highest BCUT2D eigenvalue weighted by Gasteiger charge is 2.35. The number of amides is 1. The second kappa shape index (κ2) is 4.61. The first-order valence-electron chi connectivity index (χ1n) is 5.57. The topological polar surface area (TPSA) is 59.8 Å². The molecule has 0 aliphatic carbocycles. The first-order chi connectivity index (χ1) is 8.13. The quantitative estimate of drug-likeness (QED) is 0.729. The monoisotopic (exact) mass is 237 g/mol. The number of ether oxygens (including phenoxy) is 1. The summed E-state index contributed by atoms with van der Waals surface area (Å²) in [4.78, 5) is 25.2. The summed E-state index contributed by atoms with van der Waals surface area (Å²) in [6.45, 7) is 2.36. The molecule has 1 aromatic rings. The molecular weight excluding hydrogens is 222 g/mol. The summed E-state index contributed by atoms with van der Waals surface area (Å²) in [6, 6.07) is 1.22. The van der Waals surface area contributed by atoms with Crippen LogP contribution in [0.15, 0.2) is 16.7 Å². The molecule has 1 fully saturated rings. The van der Waals surface area contributed by atoms with Gasteiger partial charge in [0.2, 0.25) is 0 Å². The molecule has 0 radical (unpaired) electrons. The Hall–Kier alpha value is -1.78. The van der Waals surface area contributed by atoms with Gasteiger partial charge in [0.1, 0.15) is 18.1 Å². The molecule has 0 N–H and O–H groups in total. The van der Waals surface area contributed by atoms with Crippen molar-refractivity contribution in [1.29, 1.82) is 0 Å². The van der Waals surface area contributed by atoms with E-state index in [-0.39, 0.29) is 11.9 Å². The van der Waals surface area contributed by atoms with Crippen LogP contribution in [0.4, 0.5) is 0 Å². The molecule has 1 unspecified atom stereocenters. The molecule has 1 amide bonds. The van der Waals surface area contributed by atoms with E-state index >= 15 is 0 Å². The Labute approximate surface area is 99.3 Å². The Morgan fingerprint density at radius 3 is 2.88 bits per heavy atom. The number of hydrogen-bond acceptors (Lipinski definition) is 4. The lowest BCUT2D eigenvalue weighted by molar-refractivity contribution is -0.145. The Kier molecular flexibility index (Phi) is 3.17. The van der Waals surface area contributed by atoms with Crippen molar-refractivity contribution in [3.05, 3.63) is 23.7 Å². The molecule has 1 aliphatic heterocycles. The van der Waals surface area contributed by atoms with Gasteiger partial charge in [-0.3, -0.25) is 4.79 Å². The first kappa shape index (κ1) is 11.7. The summed E-state index contributed by atoms with van der Waals surface area (Å²) in [5, 5.41) is 0. The van der Waals surface area contributed by atoms with E-state index in [0.29, 0.717) is 24.3 Å². The highest BCUT2D eigenvalue weighted by molar-refractivity contribution is 5.97. The van der Waals surface area contributed by atoms with E-state index in [4.69, 9.17) is 9.15 Å². The van der Waals surface area contributed by atoms with Crippen molar-refractivity contribution >= 4 is 11.9 Å². The van der Waals surface area contributed by atoms with Gasteiger partial charge in [-0.15, -0.1) is 0 Å². The molecule has 0 spiro atoms. The van der Waals surface area contributed by atoms with E-state index in [2.05, 4.69) is 0 Å². The Morgan fingerprint density at radius 1 is 1.53 bits per heavy atom. The van der Waals surface area contributed by atoms with E-state index in [1.807, 2.05) is 0 Å². The highest BCUT2D eigenvalue weighted by atomic mass is 16.5. The summed E-state index contributed by atoms with van der Waals surface area (Å²) in [5.74, 6) is 0.160. The van der Waals surface area contributed by atoms with Crippen LogP contribution in [0.3, 0.4) is 0 Å². The standard InChI is InChI=1S/C12H15NO4/c1-8-6-9(7-17-8)11(14)13-5-3-4-10(13)12(15)16-2/h6-7,10H,3-5H2,1-2H3. The summed E-state index contributed by atoms with van der Waals surface area (Å²) in [6.07, 6.45) is 2.90. The molecule has 1 saturated heterocycles. The van der Waals surface area contributed by atoms with Crippen molar-refractivity contribution in [2.24, 2.45) is 0 Å². The van der Waals surface area contributed by atoms with Crippen LogP contribution in [-0.2, 0) is 9.53 Å². The summed E-state index contributed by atoms with van der Waals surface area (Å²) < 4.78 is 9.80. The molecule has 1 atom stereocenters. The van der Waals surface area contributed by atoms with Crippen LogP contribution in [-0.4, -0.2) is 36.5 Å². The first-order valence-corrected chi connectivity index (χ1v) is 5.57. The number of hydrogen-bond donors (Lipinski definition) is 0. The minimum absolute atomic E-state index is 0.172. The lowest BCUT2D eigenvalue weighted by atomic mass is 10.2. The van der Waals surface area contributed by atoms with Crippen molar-refractivity contribution in [3.8, 4) is 0 Å². The van der Waals surface area contributed by atoms with Crippen molar-refractivity contribution in [2.75, 3.05) is 13.7 Å². The minimum Gasteiger partial charge on any atom is -0.469 e. The molecule has 0 bridgehead atoms. The molecule has 0 saturated carbocycles. The molecule has 2 rings (SSSR count). The summed E-state index contributed by atoms with van der Waals surface area (Å²) in [7, 11) is 1.34. The van der Waals surface area contributed by atoms with Crippen LogP contribution in [0.2, 0.25) is 0 Å². The largest absolute Gasteiger partial charge is 0.469 e. The number of likely N-dealkylation sites (tertiary alicyclic amines) is 1. The molecule has 1 aromatic heterocycles. The molecule has 17 heavy (non-hydrogen) atoms. The van der Waals surface area contributed by atoms with Gasteiger partial charge < -0.3 is 14.1 Å². The van der Waals surface area contributed by atoms with Gasteiger partial charge >= 0.3 is 5.97 Å². The predicted molar refractivity (Wildman–Crippen MR) is 59.5 cm³/mol. The maximum Gasteiger partial charge on any atom is 0.328 e. The fourth-order valence-corrected chi connectivity index (χ4v) is 2.11. The van der Waals surface area contributed by atoms with Gasteiger partial charge in [-0.2, -0.15) is 0 Å². The lowest BCUT2D eigenvalue weighted by Crippen LogP contribution is -2.40. The van der Waals surface area contributed by atoms with E-state index in [0.717, 1.165) is 6.42 Å². The number of rotatable bonds is 2. The van der Waals surface area contributed by atoms with Crippen LogP contribution >= 0.6 is 0 Å². The number of nitrogens with zero attached hydrogens (tertiary/aromatic N) is 1. The average molecular weight is 237 g/mol. The normalized spacial score (nSPS) is 19.4. The molecular formula is C12H15NO4. The Bertz CT molecular complexity index is 437. The Morgan fingerprint density at radius 2 is 2.29 bits per heavy atom. The van der Waals surface area contributed by atoms with E-state index < -0.39 is 6.04 Å². The van der Waals surface area contributed by atoms with Gasteiger partial charge in [0.15, 0.2) is 0 Å². The van der Waals surface area contributed by atoms with E-state index in [1.54, 1.807) is 17.9 Å². The van der Waals surface area contributed by atoms with Gasteiger partial charge in [-0.25, -0.2) is 4.79 Å². The van der Waals surface area contributed by atoms with Crippen LogP contribution in [0.25, 0.3) is 0 Å². The van der Waals surface area contributed by atoms with Gasteiger partial charge in [-0.05, 0) is 25.8 Å². The van der Waals surface area contributed by atoms with Gasteiger partial charge in [0.05, 0.1) is 12.7 Å². The fraction of sp³-hybridized carbons (Fsp3) is 0.500. The van der Waals surface area contributed by atoms with Crippen molar-refractivity contribution in [1.82, 2.24) is 4.90 Å². The maximum atomic E-state index is 12.1. The number of aryl methyl sites for hydroxylation is 1. The van der Waals surface area contributed by atoms with Crippen LogP contribution < -0.4 is 0 Å². The lowest BCUT2D eigenvalue weighted by Gasteiger charge is -2.21. The smallest absolute Gasteiger partial charge is 0.328 e. The zero-order valence-corrected chi connectivity index (χ0v) is 9.93. The summed E-state index contributed by atoms with van der Waals surface area (Å²) in [5.41, 5.74) is 0.485. The number of carbonyl (C=O) groups is 2. The molecule has 5 heteroatoms. The third-order valence-corrected chi connectivity index (χ3v) is 2.96. The van der Waals surface area contributed by atoms with Crippen molar-refractivity contribution in [3.63, 3.8) is 0 Å². The van der Waals surface area contributed by atoms with Gasteiger partial charge in [0.25, 0.3) is 5.91 Å². The van der Waals surface area contributed by atoms with Gasteiger partial charge in [-0.1, -0.05) is 0 Å². The van der Waals surface area contributed by atoms with E-state index in [9.17, 15) is 9.59 Å². The third kappa shape index (κ3) is 2.18. The number of carbonyl (C=O) groups excluding carboxylic acids is 2. The molecule has 0 aromatic carbocycles. The molecule has 92 valence electrons. The highest BCUT2D eigenvalue weighted by Crippen LogP contribution is 2.21. The number of esters is 1. The van der Waals surface area contributed by atoms with Crippen molar-refractivity contribution < 1.29 is 18.7 Å². The fourth-order valence-electron chi connectivity index (χ4n) is 2.11. The predicted octanol–water partition coefficient (Wildman–Crippen LogP) is 1.37. The molecule has 5 nitrogen and oxygen atoms in total. The maximum absolute atomic E-state index is 12.1. The second-order valence-electron chi connectivity index (χ2n) is 4.13. The zero-order valence-electron chi connectivity index (χ0n) is 9.93. The average Bonchev–Trinajstić information content (AvgIpc) is 2.95. The molecule has 1 aliphatic rings. The molecule has 2 heterocycles.